The lowest BCUT2D eigenvalue weighted by molar-refractivity contribution is -0.131. The van der Waals surface area contributed by atoms with Crippen molar-refractivity contribution >= 4 is 35.1 Å². The van der Waals surface area contributed by atoms with Gasteiger partial charge in [-0.2, -0.15) is 0 Å². The van der Waals surface area contributed by atoms with Crippen molar-refractivity contribution in [2.45, 2.75) is 24.9 Å². The van der Waals surface area contributed by atoms with E-state index >= 15 is 0 Å². The van der Waals surface area contributed by atoms with Crippen LogP contribution >= 0.6 is 0 Å². The number of carbonyl (C=O) groups is 4. The maximum absolute atomic E-state index is 14.6. The summed E-state index contributed by atoms with van der Waals surface area (Å²) in [5.74, 6) is -1.79. The lowest BCUT2D eigenvalue weighted by Crippen LogP contribution is -2.48. The molecule has 7 rings (SSSR count). The molecule has 3 aliphatic rings. The summed E-state index contributed by atoms with van der Waals surface area (Å²) in [5, 5.41) is 0. The van der Waals surface area contributed by atoms with E-state index in [9.17, 15) is 19.2 Å². The number of rotatable bonds is 4. The Morgan fingerprint density at radius 2 is 1.54 bits per heavy atom. The molecule has 3 atom stereocenters. The molecule has 1 aromatic heterocycles. The van der Waals surface area contributed by atoms with Gasteiger partial charge in [-0.3, -0.25) is 24.2 Å². The van der Waals surface area contributed by atoms with Gasteiger partial charge in [0.25, 0.3) is 0 Å². The molecule has 4 aromatic rings. The Labute approximate surface area is 236 Å². The van der Waals surface area contributed by atoms with Gasteiger partial charge in [0.1, 0.15) is 17.2 Å². The van der Waals surface area contributed by atoms with Gasteiger partial charge >= 0.3 is 5.97 Å². The van der Waals surface area contributed by atoms with Crippen molar-refractivity contribution < 1.29 is 23.9 Å². The molecule has 200 valence electrons. The number of pyridine rings is 1. The highest BCUT2D eigenvalue weighted by molar-refractivity contribution is 6.32. The Morgan fingerprint density at radius 1 is 0.854 bits per heavy atom. The number of hydrogen-bond donors (Lipinski definition) is 0. The Balaban J connectivity index is 1.48. The summed E-state index contributed by atoms with van der Waals surface area (Å²) in [6, 6.07) is 22.9. The van der Waals surface area contributed by atoms with Crippen LogP contribution in [0.5, 0.6) is 5.75 Å². The van der Waals surface area contributed by atoms with Gasteiger partial charge in [-0.05, 0) is 47.5 Å². The lowest BCUT2D eigenvalue weighted by Gasteiger charge is -2.37. The number of anilines is 1. The number of aromatic nitrogens is 1. The molecular weight excluding hydrogens is 516 g/mol. The van der Waals surface area contributed by atoms with Crippen LogP contribution in [-0.4, -0.2) is 40.4 Å². The van der Waals surface area contributed by atoms with Crippen LogP contribution in [0.3, 0.4) is 0 Å². The SMILES string of the molecule is CC(=O)Oc1ccc(C(=O)[C@H]2[C@H](c3cccnc3)C3(C(=O)c4ccccc4C3=O)[C@H]3C=Cc4ccccc4N23)cc1. The normalized spacial score (nSPS) is 21.4. The predicted octanol–water partition coefficient (Wildman–Crippen LogP) is 5.32. The average Bonchev–Trinajstić information content (AvgIpc) is 3.43. The first-order chi connectivity index (χ1) is 19.9. The van der Waals surface area contributed by atoms with Crippen molar-refractivity contribution in [3.05, 3.63) is 131 Å². The molecule has 0 bridgehead atoms. The molecule has 7 nitrogen and oxygen atoms in total. The standard InChI is InChI=1S/C34H24N2O5/c1-20(37)41-24-15-12-22(13-16-24)31(38)30-29(23-8-6-18-35-19-23)34(32(39)25-9-3-4-10-26(25)33(34)40)28-17-14-21-7-2-5-11-27(21)36(28)30/h2-19,28-30H,1H3/t28-,29+,30-/m1/s1. The van der Waals surface area contributed by atoms with Crippen molar-refractivity contribution in [3.63, 3.8) is 0 Å². The second kappa shape index (κ2) is 9.20. The van der Waals surface area contributed by atoms with E-state index in [1.165, 1.54) is 6.92 Å². The monoisotopic (exact) mass is 540 g/mol. The highest BCUT2D eigenvalue weighted by Crippen LogP contribution is 2.60. The minimum atomic E-state index is -1.57. The van der Waals surface area contributed by atoms with E-state index in [0.29, 0.717) is 28.0 Å². The van der Waals surface area contributed by atoms with Crippen LogP contribution in [0.1, 0.15) is 55.0 Å². The molecule has 0 saturated carbocycles. The van der Waals surface area contributed by atoms with E-state index < -0.39 is 29.4 Å². The number of ketones is 3. The van der Waals surface area contributed by atoms with E-state index in [1.54, 1.807) is 67.0 Å². The summed E-state index contributed by atoms with van der Waals surface area (Å²) < 4.78 is 5.17. The van der Waals surface area contributed by atoms with E-state index in [1.807, 2.05) is 47.4 Å². The van der Waals surface area contributed by atoms with Gasteiger partial charge in [0.05, 0.1) is 6.04 Å². The molecule has 1 fully saturated rings. The molecule has 0 N–H and O–H groups in total. The molecule has 0 amide bonds. The Hall–Kier alpha value is -5.17. The van der Waals surface area contributed by atoms with E-state index in [-0.39, 0.29) is 17.3 Å². The molecule has 0 radical (unpaired) electrons. The fourth-order valence-corrected chi connectivity index (χ4v) is 6.87. The number of para-hydroxylation sites is 1. The van der Waals surface area contributed by atoms with Gasteiger partial charge in [0.2, 0.25) is 0 Å². The number of benzene rings is 3. The van der Waals surface area contributed by atoms with Crippen LogP contribution < -0.4 is 9.64 Å². The van der Waals surface area contributed by atoms with Crippen LogP contribution in [0.2, 0.25) is 0 Å². The van der Waals surface area contributed by atoms with Gasteiger partial charge in [-0.25, -0.2) is 0 Å². The Bertz CT molecular complexity index is 1740. The summed E-state index contributed by atoms with van der Waals surface area (Å²) in [6.45, 7) is 1.31. The van der Waals surface area contributed by atoms with Crippen LogP contribution in [0, 0.1) is 5.41 Å². The van der Waals surface area contributed by atoms with Crippen LogP contribution in [0.4, 0.5) is 5.69 Å². The number of carbonyl (C=O) groups excluding carboxylic acids is 4. The lowest BCUT2D eigenvalue weighted by atomic mass is 9.64. The molecule has 41 heavy (non-hydrogen) atoms. The molecule has 2 aliphatic heterocycles. The molecule has 3 aromatic carbocycles. The zero-order chi connectivity index (χ0) is 28.3. The topological polar surface area (TPSA) is 93.6 Å². The summed E-state index contributed by atoms with van der Waals surface area (Å²) in [4.78, 5) is 61.5. The number of ether oxygens (including phenoxy) is 1. The first-order valence-electron chi connectivity index (χ1n) is 13.4. The molecule has 1 saturated heterocycles. The number of Topliss-reactive ketones (excluding diaryl/α,β-unsaturated/α-hetero) is 3. The first-order valence-corrected chi connectivity index (χ1v) is 13.4. The number of fused-ring (bicyclic) bond motifs is 5. The largest absolute Gasteiger partial charge is 0.427 e. The average molecular weight is 541 g/mol. The van der Waals surface area contributed by atoms with Gasteiger partial charge in [0, 0.05) is 47.6 Å². The van der Waals surface area contributed by atoms with Crippen LogP contribution in [0.15, 0.2) is 103 Å². The van der Waals surface area contributed by atoms with E-state index in [2.05, 4.69) is 4.98 Å². The highest BCUT2D eigenvalue weighted by Gasteiger charge is 2.71. The van der Waals surface area contributed by atoms with Gasteiger partial charge in [-0.15, -0.1) is 0 Å². The van der Waals surface area contributed by atoms with Crippen molar-refractivity contribution in [2.75, 3.05) is 4.90 Å². The summed E-state index contributed by atoms with van der Waals surface area (Å²) >= 11 is 0. The first kappa shape index (κ1) is 24.8. The third-order valence-corrected chi connectivity index (χ3v) is 8.43. The third-order valence-electron chi connectivity index (χ3n) is 8.43. The second-order valence-electron chi connectivity index (χ2n) is 10.5. The molecule has 7 heteroatoms. The smallest absolute Gasteiger partial charge is 0.308 e. The maximum atomic E-state index is 14.6. The number of hydrogen-bond acceptors (Lipinski definition) is 7. The summed E-state index contributed by atoms with van der Waals surface area (Å²) in [7, 11) is 0. The fourth-order valence-electron chi connectivity index (χ4n) is 6.87. The maximum Gasteiger partial charge on any atom is 0.308 e. The minimum absolute atomic E-state index is 0.253. The van der Waals surface area contributed by atoms with Gasteiger partial charge in [0.15, 0.2) is 17.3 Å². The second-order valence-corrected chi connectivity index (χ2v) is 10.5. The predicted molar refractivity (Wildman–Crippen MR) is 152 cm³/mol. The molecule has 3 heterocycles. The Morgan fingerprint density at radius 3 is 2.20 bits per heavy atom. The summed E-state index contributed by atoms with van der Waals surface area (Å²) in [6.07, 6.45) is 7.10. The quantitative estimate of drug-likeness (QED) is 0.150. The molecule has 1 aliphatic carbocycles. The van der Waals surface area contributed by atoms with Crippen molar-refractivity contribution in [2.24, 2.45) is 5.41 Å². The van der Waals surface area contributed by atoms with Crippen molar-refractivity contribution in [3.8, 4) is 5.75 Å². The van der Waals surface area contributed by atoms with E-state index in [4.69, 9.17) is 4.74 Å². The third kappa shape index (κ3) is 3.48. The zero-order valence-corrected chi connectivity index (χ0v) is 22.1. The van der Waals surface area contributed by atoms with Crippen molar-refractivity contribution in [1.29, 1.82) is 0 Å². The number of esters is 1. The fraction of sp³-hybridized carbons (Fsp3) is 0.147. The number of nitrogens with zero attached hydrogens (tertiary/aromatic N) is 2. The Kier molecular flexibility index (Phi) is 5.57. The van der Waals surface area contributed by atoms with Crippen molar-refractivity contribution in [1.82, 2.24) is 4.98 Å². The van der Waals surface area contributed by atoms with Crippen LogP contribution in [-0.2, 0) is 4.79 Å². The van der Waals surface area contributed by atoms with Gasteiger partial charge < -0.3 is 9.64 Å². The highest BCUT2D eigenvalue weighted by atomic mass is 16.5. The summed E-state index contributed by atoms with van der Waals surface area (Å²) in [5.41, 5.74) is 1.85. The van der Waals surface area contributed by atoms with Crippen LogP contribution in [0.25, 0.3) is 6.08 Å². The van der Waals surface area contributed by atoms with Gasteiger partial charge in [-0.1, -0.05) is 60.7 Å². The molecule has 1 spiro atoms. The zero-order valence-electron chi connectivity index (χ0n) is 22.1. The van der Waals surface area contributed by atoms with E-state index in [0.717, 1.165) is 11.3 Å². The molecule has 0 unspecified atom stereocenters. The minimum Gasteiger partial charge on any atom is -0.427 e. The molecular formula is C34H24N2O5.